The lowest BCUT2D eigenvalue weighted by atomic mass is 10.3. The summed E-state index contributed by atoms with van der Waals surface area (Å²) in [6.45, 7) is -0.322. The van der Waals surface area contributed by atoms with Crippen molar-refractivity contribution < 1.29 is 19.4 Å². The SMILES string of the molecule is NC(=O)OC(CO)COc1ccc(Cl)cc1. The van der Waals surface area contributed by atoms with Crippen molar-refractivity contribution in [3.8, 4) is 5.75 Å². The molecule has 1 aromatic carbocycles. The predicted octanol–water partition coefficient (Wildman–Crippen LogP) is 1.18. The molecule has 3 N–H and O–H groups in total. The maximum atomic E-state index is 10.4. The van der Waals surface area contributed by atoms with Gasteiger partial charge in [-0.2, -0.15) is 0 Å². The lowest BCUT2D eigenvalue weighted by Gasteiger charge is -2.14. The first-order chi connectivity index (χ1) is 7.61. The number of ether oxygens (including phenoxy) is 2. The summed E-state index contributed by atoms with van der Waals surface area (Å²) in [5, 5.41) is 9.46. The first-order valence-corrected chi connectivity index (χ1v) is 4.95. The van der Waals surface area contributed by atoms with Gasteiger partial charge in [0.05, 0.1) is 6.61 Å². The van der Waals surface area contributed by atoms with Crippen molar-refractivity contribution in [2.75, 3.05) is 13.2 Å². The van der Waals surface area contributed by atoms with Crippen LogP contribution in [0.25, 0.3) is 0 Å². The molecule has 0 aliphatic carbocycles. The molecule has 0 bridgehead atoms. The molecule has 1 unspecified atom stereocenters. The minimum atomic E-state index is -0.946. The molecule has 1 aromatic rings. The van der Waals surface area contributed by atoms with Crippen LogP contribution in [-0.2, 0) is 4.74 Å². The number of carbonyl (C=O) groups excluding carboxylic acids is 1. The average molecular weight is 246 g/mol. The van der Waals surface area contributed by atoms with Gasteiger partial charge in [-0.3, -0.25) is 0 Å². The van der Waals surface area contributed by atoms with Gasteiger partial charge in [0.1, 0.15) is 12.4 Å². The topological polar surface area (TPSA) is 81.8 Å². The molecule has 5 nitrogen and oxygen atoms in total. The van der Waals surface area contributed by atoms with Crippen LogP contribution in [0.15, 0.2) is 24.3 Å². The quantitative estimate of drug-likeness (QED) is 0.816. The van der Waals surface area contributed by atoms with E-state index in [-0.39, 0.29) is 13.2 Å². The molecule has 6 heteroatoms. The smallest absolute Gasteiger partial charge is 0.404 e. The second-order valence-electron chi connectivity index (χ2n) is 3.01. The van der Waals surface area contributed by atoms with Crippen LogP contribution in [0, 0.1) is 0 Å². The molecule has 1 rings (SSSR count). The highest BCUT2D eigenvalue weighted by atomic mass is 35.5. The summed E-state index contributed by atoms with van der Waals surface area (Å²) >= 11 is 5.69. The largest absolute Gasteiger partial charge is 0.490 e. The zero-order valence-corrected chi connectivity index (χ0v) is 9.18. The molecule has 0 aliphatic rings. The number of hydrogen-bond donors (Lipinski definition) is 2. The van der Waals surface area contributed by atoms with Crippen molar-refractivity contribution in [1.29, 1.82) is 0 Å². The van der Waals surface area contributed by atoms with Crippen LogP contribution in [0.3, 0.4) is 0 Å². The van der Waals surface area contributed by atoms with E-state index in [4.69, 9.17) is 27.2 Å². The van der Waals surface area contributed by atoms with Crippen LogP contribution < -0.4 is 10.5 Å². The van der Waals surface area contributed by atoms with Crippen molar-refractivity contribution in [1.82, 2.24) is 0 Å². The minimum Gasteiger partial charge on any atom is -0.490 e. The van der Waals surface area contributed by atoms with Gasteiger partial charge in [0.15, 0.2) is 6.10 Å². The number of benzene rings is 1. The second kappa shape index (κ2) is 6.19. The van der Waals surface area contributed by atoms with Crippen LogP contribution in [0.2, 0.25) is 5.02 Å². The Labute approximate surface area is 97.7 Å². The summed E-state index contributed by atoms with van der Waals surface area (Å²) < 4.78 is 9.85. The Morgan fingerprint density at radius 1 is 1.44 bits per heavy atom. The van der Waals surface area contributed by atoms with Gasteiger partial charge >= 0.3 is 6.09 Å². The van der Waals surface area contributed by atoms with Crippen molar-refractivity contribution in [2.45, 2.75) is 6.10 Å². The fourth-order valence-electron chi connectivity index (χ4n) is 1.01. The Morgan fingerprint density at radius 3 is 2.56 bits per heavy atom. The molecule has 88 valence electrons. The molecule has 16 heavy (non-hydrogen) atoms. The van der Waals surface area contributed by atoms with Gasteiger partial charge in [-0.05, 0) is 24.3 Å². The van der Waals surface area contributed by atoms with Crippen LogP contribution in [0.1, 0.15) is 0 Å². The Hall–Kier alpha value is -1.46. The van der Waals surface area contributed by atoms with Gasteiger partial charge in [0, 0.05) is 5.02 Å². The highest BCUT2D eigenvalue weighted by Crippen LogP contribution is 2.15. The van der Waals surface area contributed by atoms with E-state index in [9.17, 15) is 4.79 Å². The van der Waals surface area contributed by atoms with Gasteiger partial charge in [-0.1, -0.05) is 11.6 Å². The van der Waals surface area contributed by atoms with Gasteiger partial charge in [-0.25, -0.2) is 4.79 Å². The number of rotatable bonds is 5. The lowest BCUT2D eigenvalue weighted by molar-refractivity contribution is 0.0335. The highest BCUT2D eigenvalue weighted by molar-refractivity contribution is 6.30. The minimum absolute atomic E-state index is 0.0288. The van der Waals surface area contributed by atoms with Crippen LogP contribution in [-0.4, -0.2) is 30.5 Å². The zero-order chi connectivity index (χ0) is 12.0. The number of primary amides is 1. The first-order valence-electron chi connectivity index (χ1n) is 4.57. The monoisotopic (exact) mass is 245 g/mol. The maximum absolute atomic E-state index is 10.4. The number of carbonyl (C=O) groups is 1. The molecule has 0 saturated carbocycles. The van der Waals surface area contributed by atoms with E-state index in [1.807, 2.05) is 0 Å². The molecular weight excluding hydrogens is 234 g/mol. The Morgan fingerprint density at radius 2 is 2.06 bits per heavy atom. The summed E-state index contributed by atoms with van der Waals surface area (Å²) in [5.41, 5.74) is 4.81. The molecule has 1 amide bonds. The zero-order valence-electron chi connectivity index (χ0n) is 8.43. The van der Waals surface area contributed by atoms with Gasteiger partial charge in [-0.15, -0.1) is 0 Å². The van der Waals surface area contributed by atoms with E-state index in [0.29, 0.717) is 10.8 Å². The standard InChI is InChI=1S/C10H12ClNO4/c11-7-1-3-8(4-2-7)15-6-9(5-13)16-10(12)14/h1-4,9,13H,5-6H2,(H2,12,14). The number of hydrogen-bond acceptors (Lipinski definition) is 4. The van der Waals surface area contributed by atoms with Crippen LogP contribution in [0.4, 0.5) is 4.79 Å². The molecule has 0 heterocycles. The molecule has 0 aromatic heterocycles. The highest BCUT2D eigenvalue weighted by Gasteiger charge is 2.11. The third kappa shape index (κ3) is 4.37. The number of aliphatic hydroxyl groups is 1. The Balaban J connectivity index is 2.43. The predicted molar refractivity (Wildman–Crippen MR) is 58.5 cm³/mol. The summed E-state index contributed by atoms with van der Waals surface area (Å²) in [4.78, 5) is 10.4. The van der Waals surface area contributed by atoms with Crippen molar-refractivity contribution in [3.63, 3.8) is 0 Å². The van der Waals surface area contributed by atoms with E-state index in [1.54, 1.807) is 24.3 Å². The van der Waals surface area contributed by atoms with Crippen molar-refractivity contribution in [3.05, 3.63) is 29.3 Å². The third-order valence-electron chi connectivity index (χ3n) is 1.74. The van der Waals surface area contributed by atoms with Crippen LogP contribution >= 0.6 is 11.6 Å². The molecule has 0 saturated heterocycles. The molecule has 1 atom stereocenters. The molecule has 0 fully saturated rings. The fraction of sp³-hybridized carbons (Fsp3) is 0.300. The Bertz CT molecular complexity index is 341. The van der Waals surface area contributed by atoms with Crippen molar-refractivity contribution >= 4 is 17.7 Å². The summed E-state index contributed by atoms with van der Waals surface area (Å²) in [7, 11) is 0. The van der Waals surface area contributed by atoms with Gasteiger partial charge in [0.25, 0.3) is 0 Å². The summed E-state index contributed by atoms with van der Waals surface area (Å²) in [5.74, 6) is 0.566. The molecule has 0 aliphatic heterocycles. The van der Waals surface area contributed by atoms with E-state index in [0.717, 1.165) is 0 Å². The third-order valence-corrected chi connectivity index (χ3v) is 1.99. The van der Waals surface area contributed by atoms with E-state index < -0.39 is 12.2 Å². The lowest BCUT2D eigenvalue weighted by Crippen LogP contribution is -2.30. The van der Waals surface area contributed by atoms with E-state index in [1.165, 1.54) is 0 Å². The van der Waals surface area contributed by atoms with E-state index in [2.05, 4.69) is 4.74 Å². The fourth-order valence-corrected chi connectivity index (χ4v) is 1.13. The molecular formula is C10H12ClNO4. The van der Waals surface area contributed by atoms with Gasteiger partial charge < -0.3 is 20.3 Å². The Kier molecular flexibility index (Phi) is 4.88. The van der Waals surface area contributed by atoms with Crippen LogP contribution in [0.5, 0.6) is 5.75 Å². The van der Waals surface area contributed by atoms with Gasteiger partial charge in [0.2, 0.25) is 0 Å². The number of amides is 1. The number of aliphatic hydroxyl groups excluding tert-OH is 1. The summed E-state index contributed by atoms with van der Waals surface area (Å²) in [6.07, 6.45) is -1.72. The number of halogens is 1. The van der Waals surface area contributed by atoms with E-state index >= 15 is 0 Å². The summed E-state index contributed by atoms with van der Waals surface area (Å²) in [6, 6.07) is 6.67. The van der Waals surface area contributed by atoms with Crippen molar-refractivity contribution in [2.24, 2.45) is 5.73 Å². The number of nitrogens with two attached hydrogens (primary N) is 1. The maximum Gasteiger partial charge on any atom is 0.404 e. The average Bonchev–Trinajstić information content (AvgIpc) is 2.26. The molecule has 0 radical (unpaired) electrons. The first kappa shape index (κ1) is 12.6. The molecule has 0 spiro atoms. The normalized spacial score (nSPS) is 11.9. The second-order valence-corrected chi connectivity index (χ2v) is 3.44.